The zero-order valence-corrected chi connectivity index (χ0v) is 20.7. The number of aldehydes is 1. The number of aromatic nitrogens is 4. The molecule has 3 heterocycles. The van der Waals surface area contributed by atoms with Crippen molar-refractivity contribution in [2.75, 3.05) is 36.9 Å². The minimum atomic E-state index is -0.498. The first-order valence-corrected chi connectivity index (χ1v) is 12.3. The van der Waals surface area contributed by atoms with Crippen molar-refractivity contribution in [3.8, 4) is 11.1 Å². The molecule has 1 fully saturated rings. The van der Waals surface area contributed by atoms with Crippen LogP contribution in [0.2, 0.25) is 0 Å². The Hall–Kier alpha value is -3.82. The second-order valence-corrected chi connectivity index (χ2v) is 9.37. The number of carbonyl (C=O) groups is 1. The second kappa shape index (κ2) is 10.4. The molecule has 5 rings (SSSR count). The highest BCUT2D eigenvalue weighted by molar-refractivity contribution is 5.95. The maximum atomic E-state index is 10.9. The van der Waals surface area contributed by atoms with Crippen LogP contribution in [0.1, 0.15) is 12.8 Å². The van der Waals surface area contributed by atoms with Crippen LogP contribution in [-0.4, -0.2) is 63.6 Å². The lowest BCUT2D eigenvalue weighted by molar-refractivity contribution is -0.112. The van der Waals surface area contributed by atoms with Gasteiger partial charge in [-0.3, -0.25) is 4.90 Å². The Labute approximate surface area is 211 Å². The van der Waals surface area contributed by atoms with Crippen molar-refractivity contribution in [1.29, 1.82) is 0 Å². The van der Waals surface area contributed by atoms with Crippen LogP contribution in [-0.2, 0) is 11.8 Å². The van der Waals surface area contributed by atoms with Gasteiger partial charge < -0.3 is 25.3 Å². The van der Waals surface area contributed by atoms with Crippen molar-refractivity contribution in [2.45, 2.75) is 19.0 Å². The zero-order valence-electron chi connectivity index (χ0n) is 20.7. The van der Waals surface area contributed by atoms with Crippen LogP contribution >= 0.6 is 0 Å². The SMILES string of the molecule is CN(c1cc(-c2ccccc2)c2ncn(C)c2c1)c1ccnc(NCC2CCN(C(N)C=O)CC2)n1. The van der Waals surface area contributed by atoms with Gasteiger partial charge >= 0.3 is 0 Å². The first-order valence-electron chi connectivity index (χ1n) is 12.3. The molecule has 2 aromatic heterocycles. The minimum absolute atomic E-state index is 0.491. The number of nitrogens with zero attached hydrogens (tertiary/aromatic N) is 6. The third-order valence-corrected chi connectivity index (χ3v) is 7.03. The topological polar surface area (TPSA) is 105 Å². The van der Waals surface area contributed by atoms with Gasteiger partial charge in [-0.25, -0.2) is 9.97 Å². The minimum Gasteiger partial charge on any atom is -0.354 e. The van der Waals surface area contributed by atoms with Crippen molar-refractivity contribution in [3.05, 3.63) is 61.1 Å². The average Bonchev–Trinajstić information content (AvgIpc) is 3.32. The lowest BCUT2D eigenvalue weighted by Gasteiger charge is -2.33. The predicted molar refractivity (Wildman–Crippen MR) is 143 cm³/mol. The van der Waals surface area contributed by atoms with E-state index in [-0.39, 0.29) is 0 Å². The molecule has 9 heteroatoms. The van der Waals surface area contributed by atoms with E-state index in [4.69, 9.17) is 10.7 Å². The van der Waals surface area contributed by atoms with Crippen molar-refractivity contribution in [2.24, 2.45) is 18.7 Å². The van der Waals surface area contributed by atoms with Crippen molar-refractivity contribution < 1.29 is 4.79 Å². The van der Waals surface area contributed by atoms with E-state index in [1.54, 1.807) is 6.20 Å². The molecule has 1 atom stereocenters. The predicted octanol–water partition coefficient (Wildman–Crippen LogP) is 3.41. The number of anilines is 3. The number of likely N-dealkylation sites (tertiary alicyclic amines) is 1. The third-order valence-electron chi connectivity index (χ3n) is 7.03. The molecule has 1 unspecified atom stereocenters. The Kier molecular flexibility index (Phi) is 6.92. The summed E-state index contributed by atoms with van der Waals surface area (Å²) in [6, 6.07) is 16.6. The molecule has 36 heavy (non-hydrogen) atoms. The molecule has 0 amide bonds. The molecule has 1 aliphatic heterocycles. The second-order valence-electron chi connectivity index (χ2n) is 9.37. The van der Waals surface area contributed by atoms with E-state index in [1.165, 1.54) is 0 Å². The quantitative estimate of drug-likeness (QED) is 0.367. The lowest BCUT2D eigenvalue weighted by atomic mass is 9.96. The summed E-state index contributed by atoms with van der Waals surface area (Å²) >= 11 is 0. The monoisotopic (exact) mass is 484 g/mol. The number of nitrogens with one attached hydrogen (secondary N) is 1. The number of aryl methyl sites for hydroxylation is 1. The number of fused-ring (bicyclic) bond motifs is 1. The van der Waals surface area contributed by atoms with E-state index in [2.05, 4.69) is 44.5 Å². The van der Waals surface area contributed by atoms with Gasteiger partial charge in [0.1, 0.15) is 12.0 Å². The molecular weight excluding hydrogens is 452 g/mol. The number of nitrogens with two attached hydrogens (primary N) is 1. The van der Waals surface area contributed by atoms with Gasteiger partial charge in [0.25, 0.3) is 0 Å². The van der Waals surface area contributed by atoms with E-state index >= 15 is 0 Å². The Morgan fingerprint density at radius 3 is 2.69 bits per heavy atom. The van der Waals surface area contributed by atoms with Crippen LogP contribution < -0.4 is 16.0 Å². The van der Waals surface area contributed by atoms with Crippen LogP contribution in [0.5, 0.6) is 0 Å². The van der Waals surface area contributed by atoms with Gasteiger partial charge in [-0.05, 0) is 42.5 Å². The molecule has 2 aromatic carbocycles. The summed E-state index contributed by atoms with van der Waals surface area (Å²) in [6.45, 7) is 2.45. The van der Waals surface area contributed by atoms with Crippen LogP contribution in [0.3, 0.4) is 0 Å². The number of rotatable bonds is 8. The summed E-state index contributed by atoms with van der Waals surface area (Å²) in [6.07, 6.45) is 5.92. The van der Waals surface area contributed by atoms with Gasteiger partial charge in [-0.2, -0.15) is 4.98 Å². The Bertz CT molecular complexity index is 1330. The summed E-state index contributed by atoms with van der Waals surface area (Å²) in [5.74, 6) is 1.90. The van der Waals surface area contributed by atoms with E-state index in [0.29, 0.717) is 11.9 Å². The summed E-state index contributed by atoms with van der Waals surface area (Å²) < 4.78 is 2.04. The number of hydrogen-bond acceptors (Lipinski definition) is 8. The molecule has 9 nitrogen and oxygen atoms in total. The van der Waals surface area contributed by atoms with Crippen molar-refractivity contribution in [1.82, 2.24) is 24.4 Å². The van der Waals surface area contributed by atoms with E-state index < -0.39 is 6.17 Å². The Morgan fingerprint density at radius 2 is 1.94 bits per heavy atom. The highest BCUT2D eigenvalue weighted by Crippen LogP contribution is 2.34. The fourth-order valence-electron chi connectivity index (χ4n) is 4.78. The standard InChI is InChI=1S/C27H32N8O/c1-33-18-31-26-22(20-6-4-3-5-7-20)14-21(15-23(26)33)34(2)25-8-11-29-27(32-25)30-16-19-9-12-35(13-10-19)24(28)17-36/h3-8,11,14-15,17-19,24H,9-10,12-13,16,28H2,1-2H3,(H,29,30,32). The van der Waals surface area contributed by atoms with Crippen LogP contribution in [0, 0.1) is 5.92 Å². The van der Waals surface area contributed by atoms with Crippen molar-refractivity contribution in [3.63, 3.8) is 0 Å². The summed E-state index contributed by atoms with van der Waals surface area (Å²) in [4.78, 5) is 28.9. The molecule has 0 spiro atoms. The number of benzene rings is 2. The zero-order chi connectivity index (χ0) is 25.1. The fraction of sp³-hybridized carbons (Fsp3) is 0.333. The van der Waals surface area contributed by atoms with E-state index in [0.717, 1.165) is 72.4 Å². The molecule has 0 radical (unpaired) electrons. The van der Waals surface area contributed by atoms with Crippen LogP contribution in [0.4, 0.5) is 17.5 Å². The summed E-state index contributed by atoms with van der Waals surface area (Å²) in [5, 5.41) is 3.41. The molecule has 186 valence electrons. The maximum Gasteiger partial charge on any atom is 0.224 e. The van der Waals surface area contributed by atoms with Crippen LogP contribution in [0.25, 0.3) is 22.2 Å². The van der Waals surface area contributed by atoms with E-state index in [9.17, 15) is 4.79 Å². The smallest absolute Gasteiger partial charge is 0.224 e. The van der Waals surface area contributed by atoms with Gasteiger partial charge in [0.2, 0.25) is 5.95 Å². The molecule has 4 aromatic rings. The fourth-order valence-corrected chi connectivity index (χ4v) is 4.78. The number of carbonyl (C=O) groups excluding carboxylic acids is 1. The summed E-state index contributed by atoms with van der Waals surface area (Å²) in [5.41, 5.74) is 11.1. The molecule has 3 N–H and O–H groups in total. The van der Waals surface area contributed by atoms with Crippen LogP contribution in [0.15, 0.2) is 61.1 Å². The normalized spacial score (nSPS) is 15.6. The number of piperidine rings is 1. The first kappa shape index (κ1) is 23.9. The van der Waals surface area contributed by atoms with Crippen molar-refractivity contribution >= 4 is 34.8 Å². The van der Waals surface area contributed by atoms with Gasteiger partial charge in [-0.1, -0.05) is 30.3 Å². The molecule has 0 aliphatic carbocycles. The maximum absolute atomic E-state index is 10.9. The number of imidazole rings is 1. The first-order chi connectivity index (χ1) is 17.5. The third kappa shape index (κ3) is 4.93. The molecule has 0 saturated carbocycles. The highest BCUT2D eigenvalue weighted by Gasteiger charge is 2.23. The van der Waals surface area contributed by atoms with Gasteiger partial charge in [0, 0.05) is 51.2 Å². The van der Waals surface area contributed by atoms with Gasteiger partial charge in [0.05, 0.1) is 17.4 Å². The lowest BCUT2D eigenvalue weighted by Crippen LogP contribution is -2.47. The molecule has 0 bridgehead atoms. The average molecular weight is 485 g/mol. The van der Waals surface area contributed by atoms with Gasteiger partial charge in [-0.15, -0.1) is 0 Å². The molecular formula is C27H32N8O. The number of hydrogen-bond donors (Lipinski definition) is 2. The van der Waals surface area contributed by atoms with Gasteiger partial charge in [0.15, 0.2) is 6.29 Å². The largest absolute Gasteiger partial charge is 0.354 e. The molecule has 1 saturated heterocycles. The molecule has 1 aliphatic rings. The summed E-state index contributed by atoms with van der Waals surface area (Å²) in [7, 11) is 4.03. The van der Waals surface area contributed by atoms with E-state index in [1.807, 2.05) is 54.2 Å². The Balaban J connectivity index is 1.33. The Morgan fingerprint density at radius 1 is 1.17 bits per heavy atom. The highest BCUT2D eigenvalue weighted by atomic mass is 16.1.